The molecule has 0 radical (unpaired) electrons. The molecule has 13 heavy (non-hydrogen) atoms. The third-order valence-corrected chi connectivity index (χ3v) is 3.16. The maximum absolute atomic E-state index is 11.4. The van der Waals surface area contributed by atoms with E-state index in [1.165, 1.54) is 0 Å². The minimum atomic E-state index is -3.31. The Labute approximate surface area is 77.0 Å². The van der Waals surface area contributed by atoms with Crippen molar-refractivity contribution in [1.29, 1.82) is 0 Å². The average molecular weight is 204 g/mol. The van der Waals surface area contributed by atoms with Gasteiger partial charge in [0.05, 0.1) is 5.75 Å². The van der Waals surface area contributed by atoms with Crippen LogP contribution >= 0.6 is 0 Å². The van der Waals surface area contributed by atoms with E-state index in [-0.39, 0.29) is 5.75 Å². The van der Waals surface area contributed by atoms with E-state index in [0.717, 1.165) is 23.3 Å². The van der Waals surface area contributed by atoms with E-state index < -0.39 is 10.0 Å². The molecule has 7 heteroatoms. The van der Waals surface area contributed by atoms with Gasteiger partial charge in [-0.2, -0.15) is 0 Å². The molecule has 1 heterocycles. The van der Waals surface area contributed by atoms with Crippen molar-refractivity contribution in [2.75, 3.05) is 5.75 Å². The Morgan fingerprint density at radius 2 is 2.15 bits per heavy atom. The average Bonchev–Trinajstić information content (AvgIpc) is 2.56. The predicted molar refractivity (Wildman–Crippen MR) is 46.5 cm³/mol. The molecular formula is C6H12N4O2S. The second kappa shape index (κ2) is 4.31. The lowest BCUT2D eigenvalue weighted by Crippen LogP contribution is -2.17. The van der Waals surface area contributed by atoms with Gasteiger partial charge in [0.25, 0.3) is 10.0 Å². The zero-order valence-electron chi connectivity index (χ0n) is 7.42. The zero-order chi connectivity index (χ0) is 9.73. The molecule has 0 bridgehead atoms. The van der Waals surface area contributed by atoms with Crippen molar-refractivity contribution in [1.82, 2.24) is 19.6 Å². The number of unbranched alkanes of at least 4 members (excludes halogenated alkanes) is 2. The summed E-state index contributed by atoms with van der Waals surface area (Å²) in [6, 6.07) is 0. The maximum atomic E-state index is 11.4. The highest BCUT2D eigenvalue weighted by Crippen LogP contribution is 2.00. The Bertz CT molecular complexity index is 332. The lowest BCUT2D eigenvalue weighted by atomic mass is 10.3. The van der Waals surface area contributed by atoms with Gasteiger partial charge in [-0.05, 0) is 16.8 Å². The predicted octanol–water partition coefficient (Wildman–Crippen LogP) is 0.0412. The normalized spacial score (nSPS) is 11.8. The summed E-state index contributed by atoms with van der Waals surface area (Å²) in [5, 5.41) is 9.87. The molecule has 0 unspecified atom stereocenters. The van der Waals surface area contributed by atoms with E-state index in [0.29, 0.717) is 6.42 Å². The molecule has 1 aromatic heterocycles. The topological polar surface area (TPSA) is 77.7 Å². The van der Waals surface area contributed by atoms with Crippen LogP contribution in [-0.4, -0.2) is 33.8 Å². The monoisotopic (exact) mass is 204 g/mol. The second-order valence-electron chi connectivity index (χ2n) is 2.71. The van der Waals surface area contributed by atoms with Crippen molar-refractivity contribution < 1.29 is 8.42 Å². The lowest BCUT2D eigenvalue weighted by Gasteiger charge is -2.00. The summed E-state index contributed by atoms with van der Waals surface area (Å²) >= 11 is 0. The van der Waals surface area contributed by atoms with Gasteiger partial charge in [0.1, 0.15) is 0 Å². The van der Waals surface area contributed by atoms with Crippen LogP contribution in [0.2, 0.25) is 0 Å². The highest BCUT2D eigenvalue weighted by atomic mass is 32.2. The molecule has 74 valence electrons. The third kappa shape index (κ3) is 2.76. The molecule has 0 saturated carbocycles. The van der Waals surface area contributed by atoms with Crippen LogP contribution < -0.4 is 0 Å². The third-order valence-electron chi connectivity index (χ3n) is 1.62. The largest absolute Gasteiger partial charge is 0.256 e. The van der Waals surface area contributed by atoms with Crippen molar-refractivity contribution in [3.05, 3.63) is 6.33 Å². The molecule has 0 aliphatic carbocycles. The van der Waals surface area contributed by atoms with E-state index in [4.69, 9.17) is 0 Å². The van der Waals surface area contributed by atoms with Gasteiger partial charge in [-0.1, -0.05) is 19.8 Å². The second-order valence-corrected chi connectivity index (χ2v) is 4.65. The van der Waals surface area contributed by atoms with Crippen molar-refractivity contribution in [2.45, 2.75) is 26.2 Å². The van der Waals surface area contributed by atoms with Crippen LogP contribution in [0.5, 0.6) is 0 Å². The van der Waals surface area contributed by atoms with Crippen molar-refractivity contribution >= 4 is 10.0 Å². The van der Waals surface area contributed by atoms with Gasteiger partial charge in [0.2, 0.25) is 0 Å². The SMILES string of the molecule is CCCCCS(=O)(=O)n1cnnn1. The lowest BCUT2D eigenvalue weighted by molar-refractivity contribution is 0.572. The van der Waals surface area contributed by atoms with Gasteiger partial charge < -0.3 is 0 Å². The quantitative estimate of drug-likeness (QED) is 0.633. The smallest absolute Gasteiger partial charge is 0.205 e. The summed E-state index contributed by atoms with van der Waals surface area (Å²) in [5.41, 5.74) is 0. The van der Waals surface area contributed by atoms with Gasteiger partial charge in [-0.3, -0.25) is 0 Å². The molecular weight excluding hydrogens is 192 g/mol. The fourth-order valence-electron chi connectivity index (χ4n) is 0.908. The van der Waals surface area contributed by atoms with Crippen LogP contribution in [0, 0.1) is 0 Å². The van der Waals surface area contributed by atoms with Gasteiger partial charge in [-0.25, -0.2) is 8.42 Å². The Kier molecular flexibility index (Phi) is 3.35. The van der Waals surface area contributed by atoms with Crippen LogP contribution in [0.25, 0.3) is 0 Å². The van der Waals surface area contributed by atoms with Crippen LogP contribution in [0.1, 0.15) is 26.2 Å². The molecule has 0 fully saturated rings. The number of aromatic nitrogens is 4. The van der Waals surface area contributed by atoms with Crippen LogP contribution in [0.15, 0.2) is 6.33 Å². The molecule has 0 aliphatic heterocycles. The summed E-state index contributed by atoms with van der Waals surface area (Å²) in [5.74, 6) is 0.103. The Morgan fingerprint density at radius 3 is 2.69 bits per heavy atom. The first-order valence-corrected chi connectivity index (χ1v) is 5.74. The highest BCUT2D eigenvalue weighted by molar-refractivity contribution is 7.89. The Hall–Kier alpha value is -0.980. The minimum Gasteiger partial charge on any atom is -0.205 e. The van der Waals surface area contributed by atoms with Gasteiger partial charge in [0, 0.05) is 0 Å². The molecule has 0 amide bonds. The molecule has 1 rings (SSSR count). The molecule has 0 spiro atoms. The Morgan fingerprint density at radius 1 is 1.38 bits per heavy atom. The molecule has 1 aromatic rings. The number of tetrazole rings is 1. The van der Waals surface area contributed by atoms with E-state index in [1.54, 1.807) is 0 Å². The summed E-state index contributed by atoms with van der Waals surface area (Å²) in [7, 11) is -3.31. The molecule has 0 saturated heterocycles. The molecule has 0 N–H and O–H groups in total. The minimum absolute atomic E-state index is 0.103. The fraction of sp³-hybridized carbons (Fsp3) is 0.833. The van der Waals surface area contributed by atoms with Gasteiger partial charge in [-0.15, -0.1) is 9.19 Å². The zero-order valence-corrected chi connectivity index (χ0v) is 8.24. The summed E-state index contributed by atoms with van der Waals surface area (Å²) in [4.78, 5) is 0. The van der Waals surface area contributed by atoms with E-state index >= 15 is 0 Å². The first-order chi connectivity index (χ1) is 6.17. The number of hydrogen-bond acceptors (Lipinski definition) is 5. The van der Waals surface area contributed by atoms with Crippen molar-refractivity contribution in [3.8, 4) is 0 Å². The summed E-state index contributed by atoms with van der Waals surface area (Å²) in [6.07, 6.45) is 3.65. The van der Waals surface area contributed by atoms with Crippen LogP contribution in [0.3, 0.4) is 0 Å². The first-order valence-electron chi connectivity index (χ1n) is 4.13. The molecule has 6 nitrogen and oxygen atoms in total. The Balaban J connectivity index is 2.58. The van der Waals surface area contributed by atoms with Crippen LogP contribution in [0.4, 0.5) is 0 Å². The molecule has 0 atom stereocenters. The number of nitrogens with zero attached hydrogens (tertiary/aromatic N) is 4. The maximum Gasteiger partial charge on any atom is 0.256 e. The van der Waals surface area contributed by atoms with E-state index in [1.807, 2.05) is 6.92 Å². The van der Waals surface area contributed by atoms with Crippen LogP contribution in [-0.2, 0) is 10.0 Å². The van der Waals surface area contributed by atoms with E-state index in [9.17, 15) is 8.42 Å². The first kappa shape index (κ1) is 10.1. The van der Waals surface area contributed by atoms with Gasteiger partial charge in [0.15, 0.2) is 6.33 Å². The summed E-state index contributed by atoms with van der Waals surface area (Å²) < 4.78 is 23.6. The summed E-state index contributed by atoms with van der Waals surface area (Å²) in [6.45, 7) is 2.02. The van der Waals surface area contributed by atoms with Crippen molar-refractivity contribution in [2.24, 2.45) is 0 Å². The molecule has 0 aliphatic rings. The highest BCUT2D eigenvalue weighted by Gasteiger charge is 2.13. The van der Waals surface area contributed by atoms with Gasteiger partial charge >= 0.3 is 0 Å². The number of hydrogen-bond donors (Lipinski definition) is 0. The standard InChI is InChI=1S/C6H12N4O2S/c1-2-3-4-5-13(11,12)10-6-7-8-9-10/h6H,2-5H2,1H3. The number of rotatable bonds is 5. The van der Waals surface area contributed by atoms with E-state index in [2.05, 4.69) is 15.5 Å². The van der Waals surface area contributed by atoms with Crippen molar-refractivity contribution in [3.63, 3.8) is 0 Å². The fourth-order valence-corrected chi connectivity index (χ4v) is 1.99. The molecule has 0 aromatic carbocycles.